The van der Waals surface area contributed by atoms with Gasteiger partial charge in [-0.2, -0.15) is 4.31 Å². The van der Waals surface area contributed by atoms with Gasteiger partial charge in [0.25, 0.3) is 0 Å². The Labute approximate surface area is 115 Å². The summed E-state index contributed by atoms with van der Waals surface area (Å²) in [5.74, 6) is 0. The third kappa shape index (κ3) is 2.44. The molecule has 1 aliphatic rings. The molecule has 1 aliphatic heterocycles. The summed E-state index contributed by atoms with van der Waals surface area (Å²) in [5, 5.41) is 0. The Bertz CT molecular complexity index is 539. The third-order valence-electron chi connectivity index (χ3n) is 3.92. The van der Waals surface area contributed by atoms with Gasteiger partial charge in [0.2, 0.25) is 10.0 Å². The predicted octanol–water partition coefficient (Wildman–Crippen LogP) is 1.53. The maximum atomic E-state index is 12.7. The largest absolute Gasteiger partial charge is 0.349 e. The summed E-state index contributed by atoms with van der Waals surface area (Å²) >= 11 is 0. The highest BCUT2D eigenvalue weighted by Gasteiger charge is 2.41. The van der Waals surface area contributed by atoms with E-state index in [-0.39, 0.29) is 5.54 Å². The molecule has 19 heavy (non-hydrogen) atoms. The van der Waals surface area contributed by atoms with E-state index in [0.717, 1.165) is 25.1 Å². The van der Waals surface area contributed by atoms with Gasteiger partial charge in [-0.05, 0) is 39.7 Å². The zero-order valence-electron chi connectivity index (χ0n) is 11.9. The number of hydrogen-bond acceptors (Lipinski definition) is 3. The molecule has 0 aromatic carbocycles. The minimum atomic E-state index is -3.41. The SMILES string of the molecule is CCn1cc(S(=O)(=O)N2CCCC2(C)C)cc1CN. The van der Waals surface area contributed by atoms with Crippen molar-refractivity contribution in [2.45, 2.75) is 57.1 Å². The van der Waals surface area contributed by atoms with E-state index in [0.29, 0.717) is 18.0 Å². The van der Waals surface area contributed by atoms with Crippen LogP contribution in [0.15, 0.2) is 17.2 Å². The van der Waals surface area contributed by atoms with Gasteiger partial charge in [0, 0.05) is 37.1 Å². The van der Waals surface area contributed by atoms with Gasteiger partial charge in [-0.3, -0.25) is 0 Å². The number of nitrogens with zero attached hydrogens (tertiary/aromatic N) is 2. The molecule has 1 fully saturated rings. The zero-order valence-corrected chi connectivity index (χ0v) is 12.7. The van der Waals surface area contributed by atoms with Crippen LogP contribution in [-0.4, -0.2) is 29.4 Å². The Hall–Kier alpha value is -0.850. The second-order valence-electron chi connectivity index (χ2n) is 5.65. The van der Waals surface area contributed by atoms with Gasteiger partial charge in [-0.15, -0.1) is 0 Å². The second-order valence-corrected chi connectivity index (χ2v) is 7.51. The van der Waals surface area contributed by atoms with Crippen LogP contribution in [-0.2, 0) is 23.1 Å². The number of hydrogen-bond donors (Lipinski definition) is 1. The van der Waals surface area contributed by atoms with Crippen molar-refractivity contribution in [3.8, 4) is 0 Å². The van der Waals surface area contributed by atoms with Gasteiger partial charge in [0.1, 0.15) is 4.90 Å². The first-order chi connectivity index (χ1) is 8.82. The molecule has 0 radical (unpaired) electrons. The number of nitrogens with two attached hydrogens (primary N) is 1. The van der Waals surface area contributed by atoms with Gasteiger partial charge in [0.05, 0.1) is 0 Å². The van der Waals surface area contributed by atoms with E-state index < -0.39 is 10.0 Å². The highest BCUT2D eigenvalue weighted by atomic mass is 32.2. The molecule has 5 nitrogen and oxygen atoms in total. The fraction of sp³-hybridized carbons (Fsp3) is 0.692. The third-order valence-corrected chi connectivity index (χ3v) is 6.00. The van der Waals surface area contributed by atoms with Crippen LogP contribution < -0.4 is 5.73 Å². The van der Waals surface area contributed by atoms with Crippen molar-refractivity contribution in [1.29, 1.82) is 0 Å². The van der Waals surface area contributed by atoms with Crippen LogP contribution in [0.3, 0.4) is 0 Å². The molecule has 0 unspecified atom stereocenters. The smallest absolute Gasteiger partial charge is 0.245 e. The number of rotatable bonds is 4. The number of sulfonamides is 1. The standard InChI is InChI=1S/C13H23N3O2S/c1-4-15-10-12(8-11(15)9-14)19(17,18)16-7-5-6-13(16,2)3/h8,10H,4-7,9,14H2,1-3H3. The van der Waals surface area contributed by atoms with E-state index in [4.69, 9.17) is 5.73 Å². The van der Waals surface area contributed by atoms with E-state index in [1.54, 1.807) is 16.6 Å². The maximum Gasteiger partial charge on any atom is 0.245 e. The molecule has 0 amide bonds. The Balaban J connectivity index is 2.42. The molecule has 2 rings (SSSR count). The molecule has 6 heteroatoms. The van der Waals surface area contributed by atoms with Crippen molar-refractivity contribution in [3.05, 3.63) is 18.0 Å². The quantitative estimate of drug-likeness (QED) is 0.912. The molecule has 0 spiro atoms. The molecule has 0 bridgehead atoms. The van der Waals surface area contributed by atoms with Gasteiger partial charge >= 0.3 is 0 Å². The molecule has 2 heterocycles. The molecule has 0 aliphatic carbocycles. The summed E-state index contributed by atoms with van der Waals surface area (Å²) in [7, 11) is -3.41. The number of aromatic nitrogens is 1. The van der Waals surface area contributed by atoms with Gasteiger partial charge in [-0.1, -0.05) is 0 Å². The van der Waals surface area contributed by atoms with Gasteiger partial charge in [-0.25, -0.2) is 8.42 Å². The van der Waals surface area contributed by atoms with Crippen LogP contribution in [0.4, 0.5) is 0 Å². The molecule has 108 valence electrons. The highest BCUT2D eigenvalue weighted by Crippen LogP contribution is 2.34. The first-order valence-electron chi connectivity index (χ1n) is 6.75. The van der Waals surface area contributed by atoms with E-state index in [9.17, 15) is 8.42 Å². The average Bonchev–Trinajstić information content (AvgIpc) is 2.91. The minimum absolute atomic E-state index is 0.296. The Kier molecular flexibility index (Phi) is 3.77. The van der Waals surface area contributed by atoms with Crippen LogP contribution in [0, 0.1) is 0 Å². The van der Waals surface area contributed by atoms with Crippen molar-refractivity contribution in [2.75, 3.05) is 6.54 Å². The Morgan fingerprint density at radius 1 is 1.42 bits per heavy atom. The predicted molar refractivity (Wildman–Crippen MR) is 75.2 cm³/mol. The Morgan fingerprint density at radius 3 is 2.53 bits per heavy atom. The fourth-order valence-corrected chi connectivity index (χ4v) is 4.70. The lowest BCUT2D eigenvalue weighted by atomic mass is 10.0. The van der Waals surface area contributed by atoms with Crippen molar-refractivity contribution in [3.63, 3.8) is 0 Å². The molecular formula is C13H23N3O2S. The van der Waals surface area contributed by atoms with E-state index >= 15 is 0 Å². The first-order valence-corrected chi connectivity index (χ1v) is 8.19. The fourth-order valence-electron chi connectivity index (χ4n) is 2.79. The van der Waals surface area contributed by atoms with Crippen LogP contribution in [0.5, 0.6) is 0 Å². The summed E-state index contributed by atoms with van der Waals surface area (Å²) < 4.78 is 29.0. The average molecular weight is 285 g/mol. The van der Waals surface area contributed by atoms with Gasteiger partial charge in [0.15, 0.2) is 0 Å². The van der Waals surface area contributed by atoms with E-state index in [1.165, 1.54) is 0 Å². The summed E-state index contributed by atoms with van der Waals surface area (Å²) in [4.78, 5) is 0.366. The second kappa shape index (κ2) is 4.92. The number of aryl methyl sites for hydroxylation is 1. The van der Waals surface area contributed by atoms with Crippen molar-refractivity contribution in [1.82, 2.24) is 8.87 Å². The lowest BCUT2D eigenvalue weighted by molar-refractivity contribution is 0.291. The van der Waals surface area contributed by atoms with Crippen molar-refractivity contribution >= 4 is 10.0 Å². The van der Waals surface area contributed by atoms with Crippen molar-refractivity contribution in [2.24, 2.45) is 5.73 Å². The lowest BCUT2D eigenvalue weighted by Gasteiger charge is -2.30. The molecule has 0 saturated carbocycles. The highest BCUT2D eigenvalue weighted by molar-refractivity contribution is 7.89. The van der Waals surface area contributed by atoms with Crippen molar-refractivity contribution < 1.29 is 8.42 Å². The molecule has 1 aromatic heterocycles. The molecule has 2 N–H and O–H groups in total. The summed E-state index contributed by atoms with van der Waals surface area (Å²) in [5.41, 5.74) is 6.22. The maximum absolute atomic E-state index is 12.7. The molecule has 1 saturated heterocycles. The van der Waals surface area contributed by atoms with Crippen LogP contribution in [0.2, 0.25) is 0 Å². The van der Waals surface area contributed by atoms with E-state index in [1.807, 2.05) is 25.3 Å². The Morgan fingerprint density at radius 2 is 2.11 bits per heavy atom. The molecule has 0 atom stereocenters. The minimum Gasteiger partial charge on any atom is -0.349 e. The van der Waals surface area contributed by atoms with Crippen LogP contribution in [0.25, 0.3) is 0 Å². The first kappa shape index (κ1) is 14.6. The summed E-state index contributed by atoms with van der Waals surface area (Å²) in [6, 6.07) is 1.70. The summed E-state index contributed by atoms with van der Waals surface area (Å²) in [6.07, 6.45) is 3.53. The zero-order chi connectivity index (χ0) is 14.3. The normalized spacial score (nSPS) is 20.0. The van der Waals surface area contributed by atoms with E-state index in [2.05, 4.69) is 0 Å². The van der Waals surface area contributed by atoms with Crippen LogP contribution in [0.1, 0.15) is 39.3 Å². The van der Waals surface area contributed by atoms with Gasteiger partial charge < -0.3 is 10.3 Å². The monoisotopic (exact) mass is 285 g/mol. The lowest BCUT2D eigenvalue weighted by Crippen LogP contribution is -2.42. The molecular weight excluding hydrogens is 262 g/mol. The molecule has 1 aromatic rings. The summed E-state index contributed by atoms with van der Waals surface area (Å²) in [6.45, 7) is 7.63. The van der Waals surface area contributed by atoms with Crippen LogP contribution >= 0.6 is 0 Å². The topological polar surface area (TPSA) is 68.3 Å².